The van der Waals surface area contributed by atoms with Crippen LogP contribution in [0.4, 0.5) is 5.82 Å². The second-order valence-corrected chi connectivity index (χ2v) is 6.34. The van der Waals surface area contributed by atoms with Crippen LogP contribution in [-0.2, 0) is 6.54 Å². The van der Waals surface area contributed by atoms with Crippen LogP contribution in [0.5, 0.6) is 0 Å². The van der Waals surface area contributed by atoms with E-state index >= 15 is 0 Å². The van der Waals surface area contributed by atoms with Crippen molar-refractivity contribution >= 4 is 27.4 Å². The van der Waals surface area contributed by atoms with E-state index in [1.807, 2.05) is 24.7 Å². The van der Waals surface area contributed by atoms with Crippen molar-refractivity contribution in [2.45, 2.75) is 34.2 Å². The minimum atomic E-state index is 0.591. The van der Waals surface area contributed by atoms with Gasteiger partial charge in [-0.15, -0.1) is 11.3 Å². The van der Waals surface area contributed by atoms with Crippen LogP contribution < -0.4 is 11.3 Å². The van der Waals surface area contributed by atoms with Gasteiger partial charge in [0.2, 0.25) is 0 Å². The third-order valence-electron chi connectivity index (χ3n) is 3.87. The van der Waals surface area contributed by atoms with Crippen molar-refractivity contribution in [1.82, 2.24) is 19.5 Å². The molecule has 0 atom stereocenters. The summed E-state index contributed by atoms with van der Waals surface area (Å²) in [7, 11) is 0. The molecule has 21 heavy (non-hydrogen) atoms. The number of rotatable bonds is 3. The molecule has 0 radical (unpaired) electrons. The van der Waals surface area contributed by atoms with Crippen LogP contribution >= 0.6 is 11.3 Å². The van der Waals surface area contributed by atoms with Gasteiger partial charge in [0.1, 0.15) is 4.83 Å². The lowest BCUT2D eigenvalue weighted by Crippen LogP contribution is -2.12. The second kappa shape index (κ2) is 5.09. The summed E-state index contributed by atoms with van der Waals surface area (Å²) in [5.41, 5.74) is 6.03. The molecule has 3 heterocycles. The normalized spacial score (nSPS) is 11.3. The number of imidazole rings is 1. The van der Waals surface area contributed by atoms with Gasteiger partial charge in [-0.25, -0.2) is 20.8 Å². The Balaban J connectivity index is 2.09. The minimum Gasteiger partial charge on any atom is -0.327 e. The van der Waals surface area contributed by atoms with Gasteiger partial charge in [0, 0.05) is 10.6 Å². The Morgan fingerprint density at radius 2 is 2.00 bits per heavy atom. The molecule has 3 N–H and O–H groups in total. The number of nitrogen functional groups attached to an aromatic ring is 1. The summed E-state index contributed by atoms with van der Waals surface area (Å²) in [6.07, 6.45) is 1.82. The fourth-order valence-electron chi connectivity index (χ4n) is 2.32. The molecule has 3 rings (SSSR count). The highest BCUT2D eigenvalue weighted by molar-refractivity contribution is 7.18. The van der Waals surface area contributed by atoms with Gasteiger partial charge in [-0.2, -0.15) is 0 Å². The average molecular weight is 302 g/mol. The number of hydrazine groups is 1. The first-order valence-electron chi connectivity index (χ1n) is 6.72. The third kappa shape index (κ3) is 2.28. The quantitative estimate of drug-likeness (QED) is 0.574. The Hall–Kier alpha value is -1.99. The van der Waals surface area contributed by atoms with Gasteiger partial charge in [0.25, 0.3) is 0 Å². The molecule has 3 aromatic rings. The van der Waals surface area contributed by atoms with Crippen molar-refractivity contribution in [2.75, 3.05) is 5.43 Å². The fourth-order valence-corrected chi connectivity index (χ4v) is 3.37. The Kier molecular flexibility index (Phi) is 3.38. The molecule has 0 saturated carbocycles. The first-order chi connectivity index (χ1) is 10.0. The predicted octanol–water partition coefficient (Wildman–Crippen LogP) is 2.46. The largest absolute Gasteiger partial charge is 0.327 e. The van der Waals surface area contributed by atoms with Gasteiger partial charge in [0.05, 0.1) is 24.0 Å². The zero-order chi connectivity index (χ0) is 15.1. The minimum absolute atomic E-state index is 0.591. The standard InChI is InChI=1S/C14H18N6S/c1-7-10(4)21-14-12(7)13(19-15)17-11(18-14)5-20-6-16-8(2)9(20)3/h6H,5,15H2,1-4H3,(H,17,18,19). The van der Waals surface area contributed by atoms with Gasteiger partial charge in [-0.05, 0) is 33.3 Å². The van der Waals surface area contributed by atoms with Crippen LogP contribution in [-0.4, -0.2) is 19.5 Å². The van der Waals surface area contributed by atoms with Crippen molar-refractivity contribution in [3.63, 3.8) is 0 Å². The molecule has 0 saturated heterocycles. The number of nitrogens with two attached hydrogens (primary N) is 1. The molecular formula is C14H18N6S. The van der Waals surface area contributed by atoms with E-state index in [0.29, 0.717) is 12.4 Å². The lowest BCUT2D eigenvalue weighted by molar-refractivity contribution is 0.727. The maximum atomic E-state index is 5.64. The molecule has 6 nitrogen and oxygen atoms in total. The molecule has 0 unspecified atom stereocenters. The number of aryl methyl sites for hydroxylation is 3. The van der Waals surface area contributed by atoms with E-state index in [1.165, 1.54) is 10.4 Å². The van der Waals surface area contributed by atoms with E-state index in [0.717, 1.165) is 27.4 Å². The van der Waals surface area contributed by atoms with Crippen molar-refractivity contribution in [1.29, 1.82) is 0 Å². The van der Waals surface area contributed by atoms with Crippen LogP contribution in [0.25, 0.3) is 10.2 Å². The third-order valence-corrected chi connectivity index (χ3v) is 4.97. The van der Waals surface area contributed by atoms with Gasteiger partial charge >= 0.3 is 0 Å². The van der Waals surface area contributed by atoms with Crippen molar-refractivity contribution in [3.8, 4) is 0 Å². The highest BCUT2D eigenvalue weighted by Crippen LogP contribution is 2.32. The Morgan fingerprint density at radius 3 is 2.62 bits per heavy atom. The lowest BCUT2D eigenvalue weighted by atomic mass is 10.2. The van der Waals surface area contributed by atoms with Crippen molar-refractivity contribution in [3.05, 3.63) is 34.0 Å². The molecular weight excluding hydrogens is 284 g/mol. The Bertz CT molecular complexity index is 817. The molecule has 0 fully saturated rings. The molecule has 0 aliphatic rings. The van der Waals surface area contributed by atoms with E-state index < -0.39 is 0 Å². The summed E-state index contributed by atoms with van der Waals surface area (Å²) in [5, 5.41) is 1.02. The fraction of sp³-hybridized carbons (Fsp3) is 0.357. The van der Waals surface area contributed by atoms with Crippen LogP contribution in [0.15, 0.2) is 6.33 Å². The van der Waals surface area contributed by atoms with Gasteiger partial charge < -0.3 is 9.99 Å². The molecule has 3 aromatic heterocycles. The summed E-state index contributed by atoms with van der Waals surface area (Å²) in [5.74, 6) is 7.06. The van der Waals surface area contributed by atoms with Crippen molar-refractivity contribution < 1.29 is 0 Å². The SMILES string of the molecule is Cc1ncn(Cc2nc(NN)c3c(C)c(C)sc3n2)c1C. The molecule has 0 aliphatic carbocycles. The molecule has 0 amide bonds. The molecule has 0 bridgehead atoms. The number of hydrogen-bond donors (Lipinski definition) is 2. The molecule has 0 spiro atoms. The van der Waals surface area contributed by atoms with Gasteiger partial charge in [0.15, 0.2) is 11.6 Å². The van der Waals surface area contributed by atoms with E-state index in [9.17, 15) is 0 Å². The number of nitrogens with zero attached hydrogens (tertiary/aromatic N) is 4. The smallest absolute Gasteiger partial charge is 0.152 e. The first-order valence-corrected chi connectivity index (χ1v) is 7.54. The number of nitrogens with one attached hydrogen (secondary N) is 1. The zero-order valence-corrected chi connectivity index (χ0v) is 13.4. The Labute approximate surface area is 127 Å². The predicted molar refractivity (Wildman–Crippen MR) is 85.5 cm³/mol. The maximum absolute atomic E-state index is 5.64. The summed E-state index contributed by atoms with van der Waals surface area (Å²) in [6.45, 7) is 8.79. The zero-order valence-electron chi connectivity index (χ0n) is 12.6. The van der Waals surface area contributed by atoms with Crippen LogP contribution in [0.3, 0.4) is 0 Å². The maximum Gasteiger partial charge on any atom is 0.152 e. The van der Waals surface area contributed by atoms with Gasteiger partial charge in [-0.3, -0.25) is 0 Å². The molecule has 110 valence electrons. The first kappa shape index (κ1) is 14.0. The summed E-state index contributed by atoms with van der Waals surface area (Å²) in [4.78, 5) is 15.7. The van der Waals surface area contributed by atoms with E-state index in [2.05, 4.69) is 34.2 Å². The topological polar surface area (TPSA) is 81.7 Å². The number of thiophene rings is 1. The summed E-state index contributed by atoms with van der Waals surface area (Å²) >= 11 is 1.67. The van der Waals surface area contributed by atoms with E-state index in [-0.39, 0.29) is 0 Å². The number of anilines is 1. The summed E-state index contributed by atoms with van der Waals surface area (Å²) < 4.78 is 2.05. The highest BCUT2D eigenvalue weighted by Gasteiger charge is 2.14. The van der Waals surface area contributed by atoms with E-state index in [4.69, 9.17) is 5.84 Å². The Morgan fingerprint density at radius 1 is 1.24 bits per heavy atom. The highest BCUT2D eigenvalue weighted by atomic mass is 32.1. The molecule has 0 aliphatic heterocycles. The van der Waals surface area contributed by atoms with Crippen LogP contribution in [0.2, 0.25) is 0 Å². The van der Waals surface area contributed by atoms with Crippen molar-refractivity contribution in [2.24, 2.45) is 5.84 Å². The number of fused-ring (bicyclic) bond motifs is 1. The lowest BCUT2D eigenvalue weighted by Gasteiger charge is -2.08. The molecule has 7 heteroatoms. The van der Waals surface area contributed by atoms with Gasteiger partial charge in [-0.1, -0.05) is 0 Å². The second-order valence-electron chi connectivity index (χ2n) is 5.14. The molecule has 0 aromatic carbocycles. The summed E-state index contributed by atoms with van der Waals surface area (Å²) in [6, 6.07) is 0. The van der Waals surface area contributed by atoms with Crippen LogP contribution in [0, 0.1) is 27.7 Å². The number of aromatic nitrogens is 4. The van der Waals surface area contributed by atoms with E-state index in [1.54, 1.807) is 11.3 Å². The average Bonchev–Trinajstić information content (AvgIpc) is 2.92. The monoisotopic (exact) mass is 302 g/mol. The van der Waals surface area contributed by atoms with Crippen LogP contribution in [0.1, 0.15) is 27.7 Å². The number of hydrogen-bond acceptors (Lipinski definition) is 6.